The number of nitrogens with zero attached hydrogens (tertiary/aromatic N) is 1. The van der Waals surface area contributed by atoms with Crippen molar-refractivity contribution in [3.63, 3.8) is 0 Å². The minimum Gasteiger partial charge on any atom is -0.394 e. The second kappa shape index (κ2) is 7.63. The molecule has 2 N–H and O–H groups in total. The van der Waals surface area contributed by atoms with Crippen molar-refractivity contribution >= 4 is 5.91 Å². The average molecular weight is 230 g/mol. The first-order chi connectivity index (χ1) is 7.41. The highest BCUT2D eigenvalue weighted by atomic mass is 16.3. The highest BCUT2D eigenvalue weighted by molar-refractivity contribution is 5.76. The van der Waals surface area contributed by atoms with Gasteiger partial charge < -0.3 is 15.3 Å². The normalized spacial score (nSPS) is 11.9. The summed E-state index contributed by atoms with van der Waals surface area (Å²) < 4.78 is 0. The summed E-state index contributed by atoms with van der Waals surface area (Å²) in [5.74, 6) is 0.00222. The molecule has 0 aliphatic rings. The van der Waals surface area contributed by atoms with Crippen LogP contribution in [0.2, 0.25) is 0 Å². The van der Waals surface area contributed by atoms with E-state index in [0.717, 1.165) is 13.1 Å². The van der Waals surface area contributed by atoms with Gasteiger partial charge >= 0.3 is 0 Å². The van der Waals surface area contributed by atoms with E-state index in [4.69, 9.17) is 5.11 Å². The first-order valence-electron chi connectivity index (χ1n) is 6.01. The Kier molecular flexibility index (Phi) is 7.34. The van der Waals surface area contributed by atoms with Gasteiger partial charge in [-0.05, 0) is 33.9 Å². The van der Waals surface area contributed by atoms with Crippen LogP contribution in [0.3, 0.4) is 0 Å². The molecule has 96 valence electrons. The summed E-state index contributed by atoms with van der Waals surface area (Å²) in [6.07, 6.45) is 2.83. The van der Waals surface area contributed by atoms with E-state index in [-0.39, 0.29) is 12.5 Å². The Bertz CT molecular complexity index is 205. The molecule has 4 nitrogen and oxygen atoms in total. The Morgan fingerprint density at radius 2 is 2.00 bits per heavy atom. The fourth-order valence-corrected chi connectivity index (χ4v) is 1.31. The molecule has 0 aromatic heterocycles. The zero-order valence-electron chi connectivity index (χ0n) is 11.0. The fraction of sp³-hybridized carbons (Fsp3) is 0.917. The Balaban J connectivity index is 3.73. The van der Waals surface area contributed by atoms with Crippen molar-refractivity contribution < 1.29 is 9.90 Å². The molecule has 0 aliphatic heterocycles. The molecule has 16 heavy (non-hydrogen) atoms. The van der Waals surface area contributed by atoms with Crippen molar-refractivity contribution in [2.75, 3.05) is 26.7 Å². The van der Waals surface area contributed by atoms with E-state index in [1.165, 1.54) is 12.8 Å². The van der Waals surface area contributed by atoms with Crippen LogP contribution in [0.4, 0.5) is 0 Å². The molecule has 0 aliphatic carbocycles. The summed E-state index contributed by atoms with van der Waals surface area (Å²) in [5, 5.41) is 11.8. The van der Waals surface area contributed by atoms with Gasteiger partial charge in [0.15, 0.2) is 0 Å². The number of aliphatic hydroxyl groups excluding tert-OH is 1. The van der Waals surface area contributed by atoms with Gasteiger partial charge in [-0.1, -0.05) is 13.3 Å². The van der Waals surface area contributed by atoms with Crippen LogP contribution in [0, 0.1) is 0 Å². The number of nitrogens with one attached hydrogen (secondary N) is 1. The van der Waals surface area contributed by atoms with Crippen LogP contribution < -0.4 is 5.32 Å². The monoisotopic (exact) mass is 230 g/mol. The Morgan fingerprint density at radius 1 is 1.38 bits per heavy atom. The van der Waals surface area contributed by atoms with Gasteiger partial charge in [0.1, 0.15) is 0 Å². The number of rotatable bonds is 8. The lowest BCUT2D eigenvalue weighted by atomic mass is 10.1. The molecule has 0 radical (unpaired) electrons. The lowest BCUT2D eigenvalue weighted by Crippen LogP contribution is -2.46. The molecule has 0 aromatic carbocycles. The third kappa shape index (κ3) is 7.65. The largest absolute Gasteiger partial charge is 0.394 e. The van der Waals surface area contributed by atoms with E-state index < -0.39 is 5.54 Å². The van der Waals surface area contributed by atoms with Crippen LogP contribution in [-0.2, 0) is 4.79 Å². The third-order valence-corrected chi connectivity index (χ3v) is 2.49. The fourth-order valence-electron chi connectivity index (χ4n) is 1.31. The zero-order valence-corrected chi connectivity index (χ0v) is 11.0. The SMILES string of the molecule is CCCCN(C)CCC(=O)NC(C)(C)CO. The number of carbonyl (C=O) groups is 1. The number of hydrogen-bond acceptors (Lipinski definition) is 3. The average Bonchev–Trinajstić information content (AvgIpc) is 2.23. The van der Waals surface area contributed by atoms with Crippen molar-refractivity contribution in [1.29, 1.82) is 0 Å². The molecule has 4 heteroatoms. The van der Waals surface area contributed by atoms with Gasteiger partial charge in [-0.25, -0.2) is 0 Å². The lowest BCUT2D eigenvalue weighted by molar-refractivity contribution is -0.123. The van der Waals surface area contributed by atoms with Crippen LogP contribution in [0.1, 0.15) is 40.0 Å². The molecule has 0 unspecified atom stereocenters. The van der Waals surface area contributed by atoms with Crippen molar-refractivity contribution in [2.45, 2.75) is 45.6 Å². The van der Waals surface area contributed by atoms with E-state index in [2.05, 4.69) is 17.1 Å². The standard InChI is InChI=1S/C12H26N2O2/c1-5-6-8-14(4)9-7-11(16)13-12(2,3)10-15/h15H,5-10H2,1-4H3,(H,13,16). The molecule has 1 amide bonds. The van der Waals surface area contributed by atoms with Crippen LogP contribution in [-0.4, -0.2) is 48.2 Å². The summed E-state index contributed by atoms with van der Waals surface area (Å²) in [7, 11) is 2.03. The number of hydrogen-bond donors (Lipinski definition) is 2. The van der Waals surface area contributed by atoms with Crippen molar-refractivity contribution in [2.24, 2.45) is 0 Å². The van der Waals surface area contributed by atoms with E-state index in [0.29, 0.717) is 6.42 Å². The maximum absolute atomic E-state index is 11.5. The van der Waals surface area contributed by atoms with Crippen LogP contribution in [0.25, 0.3) is 0 Å². The molecule has 0 atom stereocenters. The molecule has 0 spiro atoms. The third-order valence-electron chi connectivity index (χ3n) is 2.49. The highest BCUT2D eigenvalue weighted by Crippen LogP contribution is 2.01. The summed E-state index contributed by atoms with van der Waals surface area (Å²) >= 11 is 0. The molecule has 0 saturated heterocycles. The molecule has 0 rings (SSSR count). The number of aliphatic hydroxyl groups is 1. The van der Waals surface area contributed by atoms with Gasteiger partial charge in [0.05, 0.1) is 12.1 Å². The topological polar surface area (TPSA) is 52.6 Å². The van der Waals surface area contributed by atoms with Crippen LogP contribution in [0.15, 0.2) is 0 Å². The molecular weight excluding hydrogens is 204 g/mol. The van der Waals surface area contributed by atoms with Gasteiger partial charge in [-0.2, -0.15) is 0 Å². The predicted octanol–water partition coefficient (Wildman–Crippen LogP) is 0.995. The Hall–Kier alpha value is -0.610. The molecule has 0 heterocycles. The second-order valence-corrected chi connectivity index (χ2v) is 5.00. The zero-order chi connectivity index (χ0) is 12.6. The first-order valence-corrected chi connectivity index (χ1v) is 6.01. The summed E-state index contributed by atoms with van der Waals surface area (Å²) in [4.78, 5) is 13.7. The van der Waals surface area contributed by atoms with Crippen molar-refractivity contribution in [3.8, 4) is 0 Å². The molecule has 0 bridgehead atoms. The lowest BCUT2D eigenvalue weighted by Gasteiger charge is -2.24. The van der Waals surface area contributed by atoms with E-state index in [9.17, 15) is 4.79 Å². The van der Waals surface area contributed by atoms with Gasteiger partial charge in [-0.15, -0.1) is 0 Å². The van der Waals surface area contributed by atoms with Gasteiger partial charge in [0.2, 0.25) is 5.91 Å². The second-order valence-electron chi connectivity index (χ2n) is 5.00. The van der Waals surface area contributed by atoms with E-state index >= 15 is 0 Å². The maximum Gasteiger partial charge on any atom is 0.221 e. The Morgan fingerprint density at radius 3 is 2.50 bits per heavy atom. The number of carbonyl (C=O) groups excluding carboxylic acids is 1. The van der Waals surface area contributed by atoms with Gasteiger partial charge in [0.25, 0.3) is 0 Å². The van der Waals surface area contributed by atoms with Crippen molar-refractivity contribution in [1.82, 2.24) is 10.2 Å². The minimum atomic E-state index is -0.515. The van der Waals surface area contributed by atoms with Crippen LogP contribution >= 0.6 is 0 Å². The number of unbranched alkanes of at least 4 members (excludes halogenated alkanes) is 1. The molecular formula is C12H26N2O2. The van der Waals surface area contributed by atoms with Crippen molar-refractivity contribution in [3.05, 3.63) is 0 Å². The first kappa shape index (κ1) is 15.4. The van der Waals surface area contributed by atoms with E-state index in [1.54, 1.807) is 0 Å². The number of amides is 1. The molecule has 0 fully saturated rings. The Labute approximate surface area is 99.0 Å². The van der Waals surface area contributed by atoms with Gasteiger partial charge in [-0.3, -0.25) is 4.79 Å². The quantitative estimate of drug-likeness (QED) is 0.654. The summed E-state index contributed by atoms with van der Waals surface area (Å²) in [6, 6.07) is 0. The smallest absolute Gasteiger partial charge is 0.221 e. The highest BCUT2D eigenvalue weighted by Gasteiger charge is 2.18. The van der Waals surface area contributed by atoms with E-state index in [1.807, 2.05) is 20.9 Å². The maximum atomic E-state index is 11.5. The van der Waals surface area contributed by atoms with Gasteiger partial charge in [0, 0.05) is 13.0 Å². The molecule has 0 aromatic rings. The minimum absolute atomic E-state index is 0.00222. The summed E-state index contributed by atoms with van der Waals surface area (Å²) in [5.41, 5.74) is -0.515. The molecule has 0 saturated carbocycles. The predicted molar refractivity (Wildman–Crippen MR) is 66.3 cm³/mol. The summed E-state index contributed by atoms with van der Waals surface area (Å²) in [6.45, 7) is 7.55. The van der Waals surface area contributed by atoms with Crippen LogP contribution in [0.5, 0.6) is 0 Å².